The van der Waals surface area contributed by atoms with Gasteiger partial charge >= 0.3 is 5.97 Å². The van der Waals surface area contributed by atoms with E-state index in [1.807, 2.05) is 0 Å². The first kappa shape index (κ1) is 17.1. The Morgan fingerprint density at radius 1 is 1.33 bits per heavy atom. The van der Waals surface area contributed by atoms with Crippen molar-refractivity contribution in [1.82, 2.24) is 5.32 Å². The lowest BCUT2D eigenvalue weighted by Gasteiger charge is -2.41. The second-order valence-corrected chi connectivity index (χ2v) is 8.90. The zero-order valence-corrected chi connectivity index (χ0v) is 14.9. The van der Waals surface area contributed by atoms with E-state index in [2.05, 4.69) is 37.8 Å². The Morgan fingerprint density at radius 2 is 2.05 bits per heavy atom. The zero-order valence-electron chi connectivity index (χ0n) is 14.0. The molecule has 0 radical (unpaired) electrons. The third-order valence-corrected chi connectivity index (χ3v) is 6.81. The van der Waals surface area contributed by atoms with E-state index >= 15 is 0 Å². The first-order valence-corrected chi connectivity index (χ1v) is 9.36. The molecule has 122 valence electrons. The number of methoxy groups -OCH3 is 1. The second-order valence-electron chi connectivity index (χ2n) is 7.67. The summed E-state index contributed by atoms with van der Waals surface area (Å²) in [6.45, 7) is 8.03. The minimum Gasteiger partial charge on any atom is -0.469 e. The summed E-state index contributed by atoms with van der Waals surface area (Å²) < 4.78 is 4.85. The van der Waals surface area contributed by atoms with Gasteiger partial charge in [0.15, 0.2) is 0 Å². The van der Waals surface area contributed by atoms with Crippen molar-refractivity contribution in [2.45, 2.75) is 70.6 Å². The summed E-state index contributed by atoms with van der Waals surface area (Å²) in [6.07, 6.45) is 6.87. The van der Waals surface area contributed by atoms with Crippen LogP contribution < -0.4 is 5.32 Å². The number of ether oxygens (including phenoxy) is 1. The number of nitrogens with one attached hydrogen (secondary N) is 1. The van der Waals surface area contributed by atoms with E-state index in [4.69, 9.17) is 4.74 Å². The molecule has 0 aromatic carbocycles. The van der Waals surface area contributed by atoms with Crippen molar-refractivity contribution < 1.29 is 9.53 Å². The van der Waals surface area contributed by atoms with E-state index in [1.165, 1.54) is 39.2 Å². The molecule has 0 aromatic heterocycles. The van der Waals surface area contributed by atoms with Crippen LogP contribution in [-0.2, 0) is 9.53 Å². The highest BCUT2D eigenvalue weighted by Crippen LogP contribution is 2.53. The van der Waals surface area contributed by atoms with Gasteiger partial charge in [-0.2, -0.15) is 11.8 Å². The van der Waals surface area contributed by atoms with E-state index in [-0.39, 0.29) is 11.4 Å². The Kier molecular flexibility index (Phi) is 5.64. The molecule has 0 amide bonds. The second kappa shape index (κ2) is 6.91. The third-order valence-electron chi connectivity index (χ3n) is 5.11. The van der Waals surface area contributed by atoms with Crippen molar-refractivity contribution in [3.63, 3.8) is 0 Å². The van der Waals surface area contributed by atoms with Gasteiger partial charge < -0.3 is 10.1 Å². The van der Waals surface area contributed by atoms with E-state index in [0.29, 0.717) is 23.1 Å². The molecule has 2 saturated carbocycles. The molecule has 0 bridgehead atoms. The molecule has 21 heavy (non-hydrogen) atoms. The molecule has 0 heterocycles. The van der Waals surface area contributed by atoms with Gasteiger partial charge in [-0.3, -0.25) is 4.79 Å². The normalized spacial score (nSPS) is 29.9. The standard InChI is InChI=1S/C17H31NO2S/c1-5-18-13-6-7-16(2,3)10-14(13)21-12-17(8-9-17)11-15(19)20-4/h13-14,18H,5-12H2,1-4H3. The van der Waals surface area contributed by atoms with Crippen molar-refractivity contribution in [2.75, 3.05) is 19.4 Å². The Morgan fingerprint density at radius 3 is 2.62 bits per heavy atom. The lowest BCUT2D eigenvalue weighted by Crippen LogP contribution is -2.45. The first-order chi connectivity index (χ1) is 9.90. The number of hydrogen-bond donors (Lipinski definition) is 1. The summed E-state index contributed by atoms with van der Waals surface area (Å²) in [5.41, 5.74) is 0.707. The molecule has 0 spiro atoms. The smallest absolute Gasteiger partial charge is 0.306 e. The van der Waals surface area contributed by atoms with Crippen molar-refractivity contribution in [2.24, 2.45) is 10.8 Å². The highest BCUT2D eigenvalue weighted by atomic mass is 32.2. The van der Waals surface area contributed by atoms with Crippen LogP contribution >= 0.6 is 11.8 Å². The Bertz CT molecular complexity index is 366. The predicted molar refractivity (Wildman–Crippen MR) is 89.6 cm³/mol. The fourth-order valence-electron chi connectivity index (χ4n) is 3.40. The molecular formula is C17H31NO2S. The summed E-state index contributed by atoms with van der Waals surface area (Å²) in [6, 6.07) is 0.641. The molecule has 0 saturated heterocycles. The average Bonchev–Trinajstić information content (AvgIpc) is 3.19. The molecule has 0 aromatic rings. The number of rotatable bonds is 7. The van der Waals surface area contributed by atoms with E-state index in [1.54, 1.807) is 0 Å². The monoisotopic (exact) mass is 313 g/mol. The van der Waals surface area contributed by atoms with Crippen LogP contribution in [0.3, 0.4) is 0 Å². The molecule has 4 heteroatoms. The Balaban J connectivity index is 1.88. The van der Waals surface area contributed by atoms with Crippen LogP contribution in [0, 0.1) is 10.8 Å². The van der Waals surface area contributed by atoms with Gasteiger partial charge in [0.1, 0.15) is 0 Å². The number of thioether (sulfide) groups is 1. The lowest BCUT2D eigenvalue weighted by molar-refractivity contribution is -0.141. The fourth-order valence-corrected chi connectivity index (χ4v) is 5.39. The minimum atomic E-state index is -0.0414. The number of esters is 1. The summed E-state index contributed by atoms with van der Waals surface area (Å²) in [5.74, 6) is 1.07. The maximum absolute atomic E-state index is 11.5. The molecule has 2 aliphatic carbocycles. The largest absolute Gasteiger partial charge is 0.469 e. The molecule has 2 rings (SSSR count). The van der Waals surface area contributed by atoms with E-state index < -0.39 is 0 Å². The van der Waals surface area contributed by atoms with Crippen molar-refractivity contribution in [1.29, 1.82) is 0 Å². The third kappa shape index (κ3) is 4.88. The molecule has 3 nitrogen and oxygen atoms in total. The molecule has 0 aliphatic heterocycles. The van der Waals surface area contributed by atoms with Crippen LogP contribution in [0.4, 0.5) is 0 Å². The highest BCUT2D eigenvalue weighted by molar-refractivity contribution is 8.00. The Labute approximate surface area is 134 Å². The van der Waals surface area contributed by atoms with Gasteiger partial charge in [0, 0.05) is 11.3 Å². The zero-order chi connectivity index (χ0) is 15.5. The maximum Gasteiger partial charge on any atom is 0.306 e. The minimum absolute atomic E-state index is 0.0414. The predicted octanol–water partition coefficient (Wildman–Crippen LogP) is 3.62. The topological polar surface area (TPSA) is 38.3 Å². The number of carbonyl (C=O) groups excluding carboxylic acids is 1. The molecule has 2 unspecified atom stereocenters. The fraction of sp³-hybridized carbons (Fsp3) is 0.941. The SMILES string of the molecule is CCNC1CCC(C)(C)CC1SCC1(CC(=O)OC)CC1. The van der Waals surface area contributed by atoms with Gasteiger partial charge in [-0.1, -0.05) is 20.8 Å². The van der Waals surface area contributed by atoms with Crippen LogP contribution in [0.5, 0.6) is 0 Å². The first-order valence-electron chi connectivity index (χ1n) is 8.31. The van der Waals surface area contributed by atoms with Gasteiger partial charge in [0.2, 0.25) is 0 Å². The Hall–Kier alpha value is -0.220. The highest BCUT2D eigenvalue weighted by Gasteiger charge is 2.46. The van der Waals surface area contributed by atoms with Crippen LogP contribution in [0.2, 0.25) is 0 Å². The van der Waals surface area contributed by atoms with Crippen molar-refractivity contribution >= 4 is 17.7 Å². The molecule has 2 aliphatic rings. The molecular weight excluding hydrogens is 282 g/mol. The summed E-state index contributed by atoms with van der Waals surface area (Å²) >= 11 is 2.10. The maximum atomic E-state index is 11.5. The molecule has 1 N–H and O–H groups in total. The average molecular weight is 314 g/mol. The lowest BCUT2D eigenvalue weighted by atomic mass is 9.75. The summed E-state index contributed by atoms with van der Waals surface area (Å²) in [7, 11) is 1.50. The number of hydrogen-bond acceptors (Lipinski definition) is 4. The summed E-state index contributed by atoms with van der Waals surface area (Å²) in [5, 5.41) is 4.35. The van der Waals surface area contributed by atoms with Gasteiger partial charge in [0.25, 0.3) is 0 Å². The van der Waals surface area contributed by atoms with Crippen molar-refractivity contribution in [3.05, 3.63) is 0 Å². The van der Waals surface area contributed by atoms with Gasteiger partial charge in [-0.05, 0) is 55.2 Å². The van der Waals surface area contributed by atoms with Crippen LogP contribution in [-0.4, -0.2) is 36.7 Å². The molecule has 2 atom stereocenters. The van der Waals surface area contributed by atoms with Crippen molar-refractivity contribution in [3.8, 4) is 0 Å². The van der Waals surface area contributed by atoms with Crippen LogP contribution in [0.15, 0.2) is 0 Å². The van der Waals surface area contributed by atoms with Gasteiger partial charge in [0.05, 0.1) is 13.5 Å². The van der Waals surface area contributed by atoms with Gasteiger partial charge in [-0.15, -0.1) is 0 Å². The van der Waals surface area contributed by atoms with Crippen LogP contribution in [0.25, 0.3) is 0 Å². The van der Waals surface area contributed by atoms with E-state index in [0.717, 1.165) is 12.3 Å². The quantitative estimate of drug-likeness (QED) is 0.729. The number of carbonyl (C=O) groups is 1. The molecule has 2 fully saturated rings. The van der Waals surface area contributed by atoms with Crippen LogP contribution in [0.1, 0.15) is 59.3 Å². The van der Waals surface area contributed by atoms with Gasteiger partial charge in [-0.25, -0.2) is 0 Å². The summed E-state index contributed by atoms with van der Waals surface area (Å²) in [4.78, 5) is 11.5. The van der Waals surface area contributed by atoms with E-state index in [9.17, 15) is 4.79 Å².